The molecule has 0 saturated carbocycles. The van der Waals surface area contributed by atoms with Crippen molar-refractivity contribution in [3.05, 3.63) is 88.2 Å². The van der Waals surface area contributed by atoms with Crippen molar-refractivity contribution in [3.63, 3.8) is 0 Å². The molecule has 0 spiro atoms. The predicted molar refractivity (Wildman–Crippen MR) is 164 cm³/mol. The lowest BCUT2D eigenvalue weighted by atomic mass is 10.1. The predicted octanol–water partition coefficient (Wildman–Crippen LogP) is 4.37. The molecule has 0 N–H and O–H groups in total. The Morgan fingerprint density at radius 2 is 1.80 bits per heavy atom. The number of fused-ring (bicyclic) bond motifs is 1. The van der Waals surface area contributed by atoms with Crippen LogP contribution in [-0.2, 0) is 27.5 Å². The molecule has 2 aromatic carbocycles. The number of imidazole rings is 1. The van der Waals surface area contributed by atoms with Gasteiger partial charge < -0.3 is 23.7 Å². The molecule has 0 radical (unpaired) electrons. The van der Waals surface area contributed by atoms with Gasteiger partial charge in [-0.3, -0.25) is 14.4 Å². The summed E-state index contributed by atoms with van der Waals surface area (Å²) in [7, 11) is 0. The molecule has 1 fully saturated rings. The number of aldehydes is 1. The molecule has 1 amide bonds. The van der Waals surface area contributed by atoms with E-state index < -0.39 is 21.7 Å². The molecule has 1 unspecified atom stereocenters. The van der Waals surface area contributed by atoms with Crippen LogP contribution in [0.1, 0.15) is 43.2 Å². The standard InChI is InChI=1S/C32H33FN4O6S/c1-4-25(18-38)44-31(41)28-29(42-19-22-8-6-5-7-9-22)30(40)37-26(23-10-12-24(33)13-11-23)16-36(32(37)34-28)17-27(39)35-14-20(2)43-21(3)15-35/h5-13,16,18,20-21,25H,4,14-15,17,19H2,1-3H3/t20-,21+,25?. The van der Waals surface area contributed by atoms with Gasteiger partial charge in [0.1, 0.15) is 25.3 Å². The topological polar surface area (TPSA) is 112 Å². The van der Waals surface area contributed by atoms with Gasteiger partial charge in [-0.2, -0.15) is 0 Å². The Balaban J connectivity index is 1.66. The Labute approximate surface area is 257 Å². The maximum atomic E-state index is 14.2. The van der Waals surface area contributed by atoms with E-state index in [4.69, 9.17) is 9.47 Å². The Bertz CT molecular complexity index is 1710. The number of thioether (sulfide) groups is 1. The van der Waals surface area contributed by atoms with Crippen LogP contribution in [0.4, 0.5) is 4.39 Å². The van der Waals surface area contributed by atoms with Gasteiger partial charge in [-0.15, -0.1) is 0 Å². The highest BCUT2D eigenvalue weighted by Gasteiger charge is 2.29. The van der Waals surface area contributed by atoms with Gasteiger partial charge in [0.15, 0.2) is 5.69 Å². The van der Waals surface area contributed by atoms with Gasteiger partial charge in [0.2, 0.25) is 22.5 Å². The third-order valence-corrected chi connectivity index (χ3v) is 8.40. The number of nitrogens with zero attached hydrogens (tertiary/aromatic N) is 4. The minimum absolute atomic E-state index is 0.0157. The van der Waals surface area contributed by atoms with Gasteiger partial charge in [-0.1, -0.05) is 49.0 Å². The second kappa shape index (κ2) is 13.6. The maximum Gasteiger partial charge on any atom is 0.302 e. The van der Waals surface area contributed by atoms with E-state index in [0.29, 0.717) is 37.1 Å². The van der Waals surface area contributed by atoms with E-state index in [1.807, 2.05) is 44.2 Å². The van der Waals surface area contributed by atoms with E-state index in [9.17, 15) is 23.6 Å². The van der Waals surface area contributed by atoms with Crippen molar-refractivity contribution in [2.45, 2.75) is 57.8 Å². The fourth-order valence-corrected chi connectivity index (χ4v) is 5.88. The highest BCUT2D eigenvalue weighted by Crippen LogP contribution is 2.28. The highest BCUT2D eigenvalue weighted by molar-refractivity contribution is 8.15. The molecule has 4 aromatic rings. The minimum atomic E-state index is -0.673. The molecule has 0 aliphatic carbocycles. The summed E-state index contributed by atoms with van der Waals surface area (Å²) in [6.45, 7) is 6.18. The number of carbonyl (C=O) groups is 3. The first-order chi connectivity index (χ1) is 21.2. The number of hydrogen-bond donors (Lipinski definition) is 0. The smallest absolute Gasteiger partial charge is 0.302 e. The Kier molecular flexibility index (Phi) is 9.60. The number of hydrogen-bond acceptors (Lipinski definition) is 8. The van der Waals surface area contributed by atoms with E-state index in [1.165, 1.54) is 33.2 Å². The van der Waals surface area contributed by atoms with Gasteiger partial charge in [0, 0.05) is 24.8 Å². The second-order valence-corrected chi connectivity index (χ2v) is 11.9. The van der Waals surface area contributed by atoms with Gasteiger partial charge in [-0.05, 0) is 50.1 Å². The van der Waals surface area contributed by atoms with Crippen LogP contribution in [0.5, 0.6) is 5.75 Å². The van der Waals surface area contributed by atoms with E-state index in [2.05, 4.69) is 4.98 Å². The molecule has 10 nitrogen and oxygen atoms in total. The quantitative estimate of drug-likeness (QED) is 0.241. The fraction of sp³-hybridized carbons (Fsp3) is 0.344. The molecule has 44 heavy (non-hydrogen) atoms. The number of aromatic nitrogens is 3. The normalized spacial score (nSPS) is 17.4. The first-order valence-corrected chi connectivity index (χ1v) is 15.2. The van der Waals surface area contributed by atoms with E-state index in [1.54, 1.807) is 18.0 Å². The highest BCUT2D eigenvalue weighted by atomic mass is 32.2. The zero-order valence-corrected chi connectivity index (χ0v) is 25.5. The largest absolute Gasteiger partial charge is 0.481 e. The number of ether oxygens (including phenoxy) is 2. The lowest BCUT2D eigenvalue weighted by Crippen LogP contribution is -2.49. The van der Waals surface area contributed by atoms with Crippen molar-refractivity contribution in [3.8, 4) is 17.0 Å². The molecule has 12 heteroatoms. The Morgan fingerprint density at radius 3 is 2.43 bits per heavy atom. The van der Waals surface area contributed by atoms with E-state index >= 15 is 0 Å². The molecule has 3 heterocycles. The van der Waals surface area contributed by atoms with Crippen LogP contribution in [0.25, 0.3) is 17.0 Å². The average molecular weight is 621 g/mol. The molecule has 2 aromatic heterocycles. The summed E-state index contributed by atoms with van der Waals surface area (Å²) >= 11 is 0.761. The van der Waals surface area contributed by atoms with Crippen molar-refractivity contribution in [1.82, 2.24) is 18.9 Å². The van der Waals surface area contributed by atoms with Crippen molar-refractivity contribution in [1.29, 1.82) is 0 Å². The van der Waals surface area contributed by atoms with Gasteiger partial charge in [0.25, 0.3) is 0 Å². The number of benzene rings is 2. The molecule has 1 aliphatic rings. The minimum Gasteiger partial charge on any atom is -0.481 e. The summed E-state index contributed by atoms with van der Waals surface area (Å²) in [6.07, 6.45) is 2.38. The number of carbonyl (C=O) groups excluding carboxylic acids is 3. The average Bonchev–Trinajstić information content (AvgIpc) is 3.37. The van der Waals surface area contributed by atoms with Crippen LogP contribution in [-0.4, -0.2) is 66.7 Å². The molecule has 1 saturated heterocycles. The molecule has 230 valence electrons. The third-order valence-electron chi connectivity index (χ3n) is 7.25. The molecular weight excluding hydrogens is 587 g/mol. The summed E-state index contributed by atoms with van der Waals surface area (Å²) in [5.41, 5.74) is 0.674. The number of rotatable bonds is 10. The van der Waals surface area contributed by atoms with Gasteiger partial charge in [0.05, 0.1) is 23.2 Å². The summed E-state index contributed by atoms with van der Waals surface area (Å²) in [4.78, 5) is 59.1. The monoisotopic (exact) mass is 620 g/mol. The first kappa shape index (κ1) is 31.1. The Hall–Kier alpha value is -4.29. The Morgan fingerprint density at radius 1 is 1.11 bits per heavy atom. The fourth-order valence-electron chi connectivity index (χ4n) is 5.13. The van der Waals surface area contributed by atoms with Crippen molar-refractivity contribution >= 4 is 34.8 Å². The molecule has 0 bridgehead atoms. The van der Waals surface area contributed by atoms with Crippen molar-refractivity contribution in [2.75, 3.05) is 13.1 Å². The lowest BCUT2D eigenvalue weighted by molar-refractivity contribution is -0.143. The van der Waals surface area contributed by atoms with Crippen LogP contribution >= 0.6 is 11.8 Å². The number of amides is 1. The summed E-state index contributed by atoms with van der Waals surface area (Å²) in [5.74, 6) is -0.922. The SMILES string of the molecule is CCC(C=O)SC(=O)c1nc2n(CC(=O)N3C[C@@H](C)O[C@@H](C)C3)cc(-c3ccc(F)cc3)n2c(=O)c1OCc1ccccc1. The van der Waals surface area contributed by atoms with E-state index in [-0.39, 0.29) is 48.5 Å². The van der Waals surface area contributed by atoms with Crippen LogP contribution in [0.15, 0.2) is 65.6 Å². The van der Waals surface area contributed by atoms with Gasteiger partial charge in [-0.25, -0.2) is 13.8 Å². The third kappa shape index (κ3) is 6.76. The molecule has 3 atom stereocenters. The van der Waals surface area contributed by atoms with Crippen LogP contribution in [0, 0.1) is 5.82 Å². The first-order valence-electron chi connectivity index (χ1n) is 14.4. The number of halogens is 1. The zero-order valence-electron chi connectivity index (χ0n) is 24.6. The summed E-state index contributed by atoms with van der Waals surface area (Å²) in [6, 6.07) is 14.7. The summed E-state index contributed by atoms with van der Waals surface area (Å²) in [5, 5.41) is -1.25. The molecule has 5 rings (SSSR count). The van der Waals surface area contributed by atoms with E-state index in [0.717, 1.165) is 17.3 Å². The number of morpholine rings is 1. The second-order valence-electron chi connectivity index (χ2n) is 10.7. The molecule has 1 aliphatic heterocycles. The zero-order chi connectivity index (χ0) is 31.4. The van der Waals surface area contributed by atoms with Crippen LogP contribution in [0.3, 0.4) is 0 Å². The van der Waals surface area contributed by atoms with Crippen LogP contribution in [0.2, 0.25) is 0 Å². The maximum absolute atomic E-state index is 14.2. The van der Waals surface area contributed by atoms with Crippen molar-refractivity contribution in [2.24, 2.45) is 0 Å². The lowest BCUT2D eigenvalue weighted by Gasteiger charge is -2.35. The summed E-state index contributed by atoms with van der Waals surface area (Å²) < 4.78 is 28.4. The van der Waals surface area contributed by atoms with Crippen molar-refractivity contribution < 1.29 is 28.2 Å². The van der Waals surface area contributed by atoms with Gasteiger partial charge >= 0.3 is 5.56 Å². The van der Waals surface area contributed by atoms with Crippen LogP contribution < -0.4 is 10.3 Å². The molecular formula is C32H33FN4O6S.